The van der Waals surface area contributed by atoms with Crippen molar-refractivity contribution in [2.75, 3.05) is 7.11 Å². The van der Waals surface area contributed by atoms with Gasteiger partial charge in [-0.2, -0.15) is 0 Å². The first-order valence-electron chi connectivity index (χ1n) is 7.48. The van der Waals surface area contributed by atoms with Crippen molar-refractivity contribution in [3.63, 3.8) is 0 Å². The number of esters is 1. The lowest BCUT2D eigenvalue weighted by Crippen LogP contribution is -2.43. The van der Waals surface area contributed by atoms with Crippen molar-refractivity contribution in [2.45, 2.75) is 19.1 Å². The molecule has 0 radical (unpaired) electrons. The van der Waals surface area contributed by atoms with Crippen molar-refractivity contribution in [1.29, 1.82) is 0 Å². The third-order valence-corrected chi connectivity index (χ3v) is 3.60. The molecule has 0 fully saturated rings. The molecule has 1 amide bonds. The predicted molar refractivity (Wildman–Crippen MR) is 90.7 cm³/mol. The molecule has 1 atom stereocenters. The van der Waals surface area contributed by atoms with Gasteiger partial charge in [0.05, 0.1) is 7.11 Å². The molecule has 0 aromatic heterocycles. The summed E-state index contributed by atoms with van der Waals surface area (Å²) in [5.74, 6) is -1.08. The molecule has 0 saturated heterocycles. The molecular weight excluding hydrogens is 349 g/mol. The first-order valence-corrected chi connectivity index (χ1v) is 7.85. The molecular formula is C18H17ClFNO4. The van der Waals surface area contributed by atoms with Gasteiger partial charge in [-0.1, -0.05) is 35.9 Å². The number of hydrogen-bond acceptors (Lipinski definition) is 4. The van der Waals surface area contributed by atoms with Gasteiger partial charge in [0.2, 0.25) is 0 Å². The van der Waals surface area contributed by atoms with Crippen LogP contribution in [0.5, 0.6) is 0 Å². The number of benzene rings is 2. The fraction of sp³-hybridized carbons (Fsp3) is 0.222. The summed E-state index contributed by atoms with van der Waals surface area (Å²) in [4.78, 5) is 23.8. The minimum absolute atomic E-state index is 0.000249. The number of hydrogen-bond donors (Lipinski definition) is 1. The smallest absolute Gasteiger partial charge is 0.408 e. The largest absolute Gasteiger partial charge is 0.467 e. The summed E-state index contributed by atoms with van der Waals surface area (Å²) >= 11 is 5.86. The van der Waals surface area contributed by atoms with E-state index in [4.69, 9.17) is 16.3 Å². The Morgan fingerprint density at radius 1 is 1.16 bits per heavy atom. The van der Waals surface area contributed by atoms with Gasteiger partial charge >= 0.3 is 12.1 Å². The summed E-state index contributed by atoms with van der Waals surface area (Å²) in [6.07, 6.45) is -0.705. The third-order valence-electron chi connectivity index (χ3n) is 3.37. The summed E-state index contributed by atoms with van der Waals surface area (Å²) in [5.41, 5.74) is 1.26. The molecule has 0 aliphatic carbocycles. The van der Waals surface area contributed by atoms with Crippen LogP contribution in [0.4, 0.5) is 9.18 Å². The summed E-state index contributed by atoms with van der Waals surface area (Å²) < 4.78 is 23.0. The van der Waals surface area contributed by atoms with E-state index in [1.54, 1.807) is 30.3 Å². The molecule has 0 spiro atoms. The van der Waals surface area contributed by atoms with Crippen molar-refractivity contribution in [1.82, 2.24) is 5.32 Å². The van der Waals surface area contributed by atoms with Gasteiger partial charge in [-0.15, -0.1) is 0 Å². The van der Waals surface area contributed by atoms with E-state index in [0.717, 1.165) is 0 Å². The Morgan fingerprint density at radius 3 is 2.56 bits per heavy atom. The molecule has 2 aromatic rings. The maximum atomic E-state index is 13.3. The number of methoxy groups -OCH3 is 1. The normalized spacial score (nSPS) is 11.5. The number of nitrogens with one attached hydrogen (secondary N) is 1. The minimum atomic E-state index is -0.987. The van der Waals surface area contributed by atoms with Gasteiger partial charge in [0.1, 0.15) is 18.5 Å². The SMILES string of the molecule is COC(=O)[C@H](Cc1cccc(F)c1)NC(=O)OCc1cccc(Cl)c1. The highest BCUT2D eigenvalue weighted by atomic mass is 35.5. The molecule has 0 unspecified atom stereocenters. The van der Waals surface area contributed by atoms with Crippen LogP contribution in [0.1, 0.15) is 11.1 Å². The van der Waals surface area contributed by atoms with Crippen molar-refractivity contribution >= 4 is 23.7 Å². The number of carbonyl (C=O) groups excluding carboxylic acids is 2. The fourth-order valence-electron chi connectivity index (χ4n) is 2.19. The molecule has 1 N–H and O–H groups in total. The topological polar surface area (TPSA) is 64.6 Å². The lowest BCUT2D eigenvalue weighted by atomic mass is 10.1. The van der Waals surface area contributed by atoms with Gasteiger partial charge in [0.25, 0.3) is 0 Å². The average Bonchev–Trinajstić information content (AvgIpc) is 2.59. The first-order chi connectivity index (χ1) is 12.0. The zero-order valence-electron chi connectivity index (χ0n) is 13.5. The molecule has 0 aliphatic heterocycles. The quantitative estimate of drug-likeness (QED) is 0.796. The zero-order valence-corrected chi connectivity index (χ0v) is 14.3. The molecule has 25 heavy (non-hydrogen) atoms. The molecule has 132 valence electrons. The Bertz CT molecular complexity index is 753. The van der Waals surface area contributed by atoms with E-state index in [9.17, 15) is 14.0 Å². The Balaban J connectivity index is 1.96. The van der Waals surface area contributed by atoms with E-state index < -0.39 is 23.9 Å². The van der Waals surface area contributed by atoms with Gasteiger partial charge < -0.3 is 14.8 Å². The van der Waals surface area contributed by atoms with Crippen LogP contribution in [0, 0.1) is 5.82 Å². The standard InChI is InChI=1S/C18H17ClFNO4/c1-24-17(22)16(10-12-4-3-7-15(20)9-12)21-18(23)25-11-13-5-2-6-14(19)8-13/h2-9,16H,10-11H2,1H3,(H,21,23)/t16-/m0/s1. The second-order valence-electron chi connectivity index (χ2n) is 5.26. The lowest BCUT2D eigenvalue weighted by molar-refractivity contribution is -0.143. The summed E-state index contributed by atoms with van der Waals surface area (Å²) in [6.45, 7) is 0.000249. The van der Waals surface area contributed by atoms with Gasteiger partial charge in [-0.3, -0.25) is 0 Å². The van der Waals surface area contributed by atoms with E-state index in [-0.39, 0.29) is 13.0 Å². The first kappa shape index (κ1) is 18.7. The number of ether oxygens (including phenoxy) is 2. The molecule has 0 saturated carbocycles. The lowest BCUT2D eigenvalue weighted by Gasteiger charge is -2.16. The summed E-state index contributed by atoms with van der Waals surface area (Å²) in [6, 6.07) is 11.6. The summed E-state index contributed by atoms with van der Waals surface area (Å²) in [7, 11) is 1.21. The highest BCUT2D eigenvalue weighted by Gasteiger charge is 2.23. The van der Waals surface area contributed by atoms with Gasteiger partial charge in [0, 0.05) is 11.4 Å². The van der Waals surface area contributed by atoms with Crippen molar-refractivity contribution in [3.05, 3.63) is 70.5 Å². The number of halogens is 2. The van der Waals surface area contributed by atoms with Crippen LogP contribution in [-0.4, -0.2) is 25.2 Å². The van der Waals surface area contributed by atoms with Crippen molar-refractivity contribution < 1.29 is 23.5 Å². The van der Waals surface area contributed by atoms with Crippen molar-refractivity contribution in [3.8, 4) is 0 Å². The van der Waals surface area contributed by atoms with Gasteiger partial charge in [0.15, 0.2) is 0 Å². The molecule has 0 bridgehead atoms. The third kappa shape index (κ3) is 6.08. The van der Waals surface area contributed by atoms with Crippen LogP contribution >= 0.6 is 11.6 Å². The second kappa shape index (κ2) is 9.03. The van der Waals surface area contributed by atoms with Crippen LogP contribution < -0.4 is 5.32 Å². The molecule has 5 nitrogen and oxygen atoms in total. The highest BCUT2D eigenvalue weighted by molar-refractivity contribution is 6.30. The summed E-state index contributed by atoms with van der Waals surface area (Å²) in [5, 5.41) is 2.96. The minimum Gasteiger partial charge on any atom is -0.467 e. The van der Waals surface area contributed by atoms with Crippen LogP contribution in [0.2, 0.25) is 5.02 Å². The monoisotopic (exact) mass is 365 g/mol. The molecule has 0 aliphatic rings. The van der Waals surface area contributed by atoms with E-state index in [0.29, 0.717) is 16.1 Å². The van der Waals surface area contributed by atoms with Gasteiger partial charge in [-0.25, -0.2) is 14.0 Å². The Hall–Kier alpha value is -2.60. The maximum Gasteiger partial charge on any atom is 0.408 e. The molecule has 7 heteroatoms. The number of alkyl carbamates (subject to hydrolysis) is 1. The predicted octanol–water partition coefficient (Wildman–Crippen LogP) is 3.49. The van der Waals surface area contributed by atoms with Crippen LogP contribution in [0.25, 0.3) is 0 Å². The Labute approximate surface area is 149 Å². The van der Waals surface area contributed by atoms with E-state index in [1.807, 2.05) is 0 Å². The van der Waals surface area contributed by atoms with E-state index >= 15 is 0 Å². The van der Waals surface area contributed by atoms with E-state index in [2.05, 4.69) is 10.1 Å². The average molecular weight is 366 g/mol. The van der Waals surface area contributed by atoms with E-state index in [1.165, 1.54) is 25.3 Å². The van der Waals surface area contributed by atoms with Crippen LogP contribution in [0.3, 0.4) is 0 Å². The number of rotatable bonds is 6. The molecule has 2 aromatic carbocycles. The maximum absolute atomic E-state index is 13.3. The fourth-order valence-corrected chi connectivity index (χ4v) is 2.41. The molecule has 0 heterocycles. The van der Waals surface area contributed by atoms with Crippen LogP contribution in [-0.2, 0) is 27.3 Å². The van der Waals surface area contributed by atoms with Crippen molar-refractivity contribution in [2.24, 2.45) is 0 Å². The Kier molecular flexibility index (Phi) is 6.77. The van der Waals surface area contributed by atoms with Gasteiger partial charge in [-0.05, 0) is 35.4 Å². The number of carbonyl (C=O) groups is 2. The second-order valence-corrected chi connectivity index (χ2v) is 5.70. The van der Waals surface area contributed by atoms with Crippen LogP contribution in [0.15, 0.2) is 48.5 Å². The number of amides is 1. The molecule has 2 rings (SSSR count). The highest BCUT2D eigenvalue weighted by Crippen LogP contribution is 2.12. The Morgan fingerprint density at radius 2 is 1.88 bits per heavy atom. The zero-order chi connectivity index (χ0) is 18.2.